The van der Waals surface area contributed by atoms with Crippen LogP contribution in [0, 0.1) is 27.9 Å². The molecule has 0 spiro atoms. The van der Waals surface area contributed by atoms with E-state index in [1.54, 1.807) is 24.3 Å². The molecule has 8 nitrogen and oxygen atoms in total. The van der Waals surface area contributed by atoms with Gasteiger partial charge in [0.15, 0.2) is 5.78 Å². The standard InChI is InChI=1S/C22H25N5O3/c1-13(28)17-3-2-4-18(8-17)25-20-19(27(29)30)21(24-12-23-20)26-22-9-14-5-15(10-22)7-16(6-14)11-22/h2-4,8,12,14-16H,5-7,9-11H2,1H3,(H2,23,24,25,26). The van der Waals surface area contributed by atoms with E-state index in [1.807, 2.05) is 0 Å². The highest BCUT2D eigenvalue weighted by Crippen LogP contribution is 2.57. The van der Waals surface area contributed by atoms with Crippen molar-refractivity contribution in [2.24, 2.45) is 17.8 Å². The van der Waals surface area contributed by atoms with Gasteiger partial charge in [-0.15, -0.1) is 0 Å². The van der Waals surface area contributed by atoms with Gasteiger partial charge in [-0.05, 0) is 75.3 Å². The van der Waals surface area contributed by atoms with Crippen molar-refractivity contribution >= 4 is 28.8 Å². The highest BCUT2D eigenvalue weighted by Gasteiger charge is 2.51. The molecule has 0 radical (unpaired) electrons. The van der Waals surface area contributed by atoms with E-state index in [0.717, 1.165) is 37.0 Å². The molecule has 4 aliphatic carbocycles. The van der Waals surface area contributed by atoms with Gasteiger partial charge in [0.05, 0.1) is 4.92 Å². The Balaban J connectivity index is 1.46. The van der Waals surface area contributed by atoms with Crippen LogP contribution in [0.25, 0.3) is 0 Å². The predicted molar refractivity (Wildman–Crippen MR) is 113 cm³/mol. The van der Waals surface area contributed by atoms with Crippen LogP contribution < -0.4 is 10.6 Å². The monoisotopic (exact) mass is 407 g/mol. The minimum Gasteiger partial charge on any atom is -0.359 e. The molecule has 1 aromatic heterocycles. The Morgan fingerprint density at radius 3 is 2.33 bits per heavy atom. The van der Waals surface area contributed by atoms with Gasteiger partial charge in [-0.25, -0.2) is 9.97 Å². The van der Waals surface area contributed by atoms with Crippen LogP contribution in [0.2, 0.25) is 0 Å². The maximum atomic E-state index is 12.0. The molecule has 30 heavy (non-hydrogen) atoms. The molecule has 0 amide bonds. The average Bonchev–Trinajstić information content (AvgIpc) is 2.66. The van der Waals surface area contributed by atoms with Gasteiger partial charge in [0, 0.05) is 16.8 Å². The molecule has 0 saturated heterocycles. The lowest BCUT2D eigenvalue weighted by Crippen LogP contribution is -2.55. The van der Waals surface area contributed by atoms with Gasteiger partial charge in [-0.1, -0.05) is 12.1 Å². The molecule has 6 rings (SSSR count). The minimum atomic E-state index is -0.431. The first kappa shape index (κ1) is 19.0. The Hall–Kier alpha value is -3.03. The molecule has 0 atom stereocenters. The summed E-state index contributed by atoms with van der Waals surface area (Å²) in [5, 5.41) is 18.5. The van der Waals surface area contributed by atoms with Crippen LogP contribution in [-0.2, 0) is 0 Å². The molecule has 0 aliphatic heterocycles. The first-order valence-corrected chi connectivity index (χ1v) is 10.6. The van der Waals surface area contributed by atoms with Crippen molar-refractivity contribution in [1.82, 2.24) is 9.97 Å². The summed E-state index contributed by atoms with van der Waals surface area (Å²) in [7, 11) is 0. The van der Waals surface area contributed by atoms with Gasteiger partial charge in [0.2, 0.25) is 11.6 Å². The molecule has 4 aliphatic rings. The first-order valence-electron chi connectivity index (χ1n) is 10.6. The zero-order valence-electron chi connectivity index (χ0n) is 16.9. The van der Waals surface area contributed by atoms with Crippen LogP contribution in [0.4, 0.5) is 23.0 Å². The van der Waals surface area contributed by atoms with Crippen molar-refractivity contribution in [1.29, 1.82) is 0 Å². The van der Waals surface area contributed by atoms with Crippen LogP contribution in [0.5, 0.6) is 0 Å². The molecular formula is C22H25N5O3. The molecular weight excluding hydrogens is 382 g/mol. The summed E-state index contributed by atoms with van der Waals surface area (Å²) >= 11 is 0. The predicted octanol–water partition coefficient (Wildman–Crippen LogP) is 4.71. The number of nitrogens with one attached hydrogen (secondary N) is 2. The summed E-state index contributed by atoms with van der Waals surface area (Å²) in [5.41, 5.74) is 0.856. The third-order valence-corrected chi connectivity index (χ3v) is 6.96. The molecule has 2 N–H and O–H groups in total. The number of anilines is 3. The molecule has 4 bridgehead atoms. The third-order valence-electron chi connectivity index (χ3n) is 6.96. The third kappa shape index (κ3) is 3.40. The Kier molecular flexibility index (Phi) is 4.45. The van der Waals surface area contributed by atoms with Crippen molar-refractivity contribution in [3.05, 3.63) is 46.3 Å². The SMILES string of the molecule is CC(=O)c1cccc(Nc2ncnc(NC34CC5CC(CC(C5)C3)C4)c2[N+](=O)[O-])c1. The fourth-order valence-electron chi connectivity index (χ4n) is 6.20. The number of ketones is 1. The van der Waals surface area contributed by atoms with E-state index < -0.39 is 4.92 Å². The summed E-state index contributed by atoms with van der Waals surface area (Å²) in [4.78, 5) is 31.6. The Morgan fingerprint density at radius 1 is 1.10 bits per heavy atom. The number of nitro groups is 1. The quantitative estimate of drug-likeness (QED) is 0.405. The molecule has 1 heterocycles. The van der Waals surface area contributed by atoms with E-state index in [4.69, 9.17) is 0 Å². The molecule has 8 heteroatoms. The van der Waals surface area contributed by atoms with Gasteiger partial charge in [-0.2, -0.15) is 0 Å². The van der Waals surface area contributed by atoms with Crippen molar-refractivity contribution in [2.75, 3.05) is 10.6 Å². The number of nitrogens with zero attached hydrogens (tertiary/aromatic N) is 3. The minimum absolute atomic E-state index is 0.0694. The summed E-state index contributed by atoms with van der Waals surface area (Å²) < 4.78 is 0. The number of carbonyl (C=O) groups excluding carboxylic acids is 1. The fourth-order valence-corrected chi connectivity index (χ4v) is 6.20. The summed E-state index contributed by atoms with van der Waals surface area (Å²) in [6.07, 6.45) is 8.42. The number of benzene rings is 1. The van der Waals surface area contributed by atoms with Gasteiger partial charge in [-0.3, -0.25) is 14.9 Å². The molecule has 4 saturated carbocycles. The highest BCUT2D eigenvalue weighted by atomic mass is 16.6. The molecule has 2 aromatic rings. The average molecular weight is 407 g/mol. The van der Waals surface area contributed by atoms with Crippen molar-refractivity contribution in [3.63, 3.8) is 0 Å². The molecule has 0 unspecified atom stereocenters. The second-order valence-electron chi connectivity index (χ2n) is 9.26. The zero-order chi connectivity index (χ0) is 20.9. The summed E-state index contributed by atoms with van der Waals surface area (Å²) in [6.45, 7) is 1.49. The lowest BCUT2D eigenvalue weighted by atomic mass is 9.53. The van der Waals surface area contributed by atoms with Crippen LogP contribution in [0.3, 0.4) is 0 Å². The Bertz CT molecular complexity index is 986. The highest BCUT2D eigenvalue weighted by molar-refractivity contribution is 5.95. The van der Waals surface area contributed by atoms with Gasteiger partial charge in [0.25, 0.3) is 0 Å². The van der Waals surface area contributed by atoms with Crippen LogP contribution in [0.1, 0.15) is 55.8 Å². The zero-order valence-corrected chi connectivity index (χ0v) is 16.9. The van der Waals surface area contributed by atoms with Crippen molar-refractivity contribution < 1.29 is 9.72 Å². The van der Waals surface area contributed by atoms with Crippen molar-refractivity contribution in [3.8, 4) is 0 Å². The van der Waals surface area contributed by atoms with Gasteiger partial charge < -0.3 is 10.6 Å². The Labute approximate surface area is 174 Å². The second-order valence-corrected chi connectivity index (χ2v) is 9.26. The molecule has 1 aromatic carbocycles. The summed E-state index contributed by atoms with van der Waals surface area (Å²) in [5.74, 6) is 2.50. The fraction of sp³-hybridized carbons (Fsp3) is 0.500. The normalized spacial score (nSPS) is 28.9. The van der Waals surface area contributed by atoms with E-state index in [1.165, 1.54) is 32.5 Å². The Morgan fingerprint density at radius 2 is 1.73 bits per heavy atom. The topological polar surface area (TPSA) is 110 Å². The van der Waals surface area contributed by atoms with E-state index in [-0.39, 0.29) is 28.6 Å². The number of carbonyl (C=O) groups is 1. The maximum absolute atomic E-state index is 12.0. The number of rotatable bonds is 6. The number of hydrogen-bond donors (Lipinski definition) is 2. The van der Waals surface area contributed by atoms with E-state index >= 15 is 0 Å². The van der Waals surface area contributed by atoms with E-state index in [2.05, 4.69) is 20.6 Å². The smallest absolute Gasteiger partial charge is 0.353 e. The van der Waals surface area contributed by atoms with E-state index in [0.29, 0.717) is 11.3 Å². The number of aromatic nitrogens is 2. The van der Waals surface area contributed by atoms with Gasteiger partial charge >= 0.3 is 5.69 Å². The van der Waals surface area contributed by atoms with Crippen LogP contribution in [-0.4, -0.2) is 26.2 Å². The molecule has 156 valence electrons. The summed E-state index contributed by atoms with van der Waals surface area (Å²) in [6, 6.07) is 6.87. The number of hydrogen-bond acceptors (Lipinski definition) is 7. The second kappa shape index (κ2) is 7.04. The molecule has 4 fully saturated rings. The van der Waals surface area contributed by atoms with Crippen LogP contribution in [0.15, 0.2) is 30.6 Å². The lowest BCUT2D eigenvalue weighted by molar-refractivity contribution is -0.383. The van der Waals surface area contributed by atoms with E-state index in [9.17, 15) is 14.9 Å². The van der Waals surface area contributed by atoms with Gasteiger partial charge in [0.1, 0.15) is 6.33 Å². The lowest BCUT2D eigenvalue weighted by Gasteiger charge is -2.57. The van der Waals surface area contributed by atoms with Crippen molar-refractivity contribution in [2.45, 2.75) is 51.0 Å². The first-order chi connectivity index (χ1) is 14.4. The largest absolute Gasteiger partial charge is 0.359 e. The van der Waals surface area contributed by atoms with Crippen LogP contribution >= 0.6 is 0 Å². The maximum Gasteiger partial charge on any atom is 0.353 e. The number of Topliss-reactive ketones (excluding diaryl/α,β-unsaturated/α-hetero) is 1.